The summed E-state index contributed by atoms with van der Waals surface area (Å²) in [4.78, 5) is 33.6. The van der Waals surface area contributed by atoms with Crippen LogP contribution >= 0.6 is 0 Å². The molecule has 0 N–H and O–H groups in total. The van der Waals surface area contributed by atoms with E-state index in [1.165, 1.54) is 16.0 Å². The number of nitrogens with zero attached hydrogens (tertiary/aromatic N) is 2. The first-order chi connectivity index (χ1) is 15.0. The van der Waals surface area contributed by atoms with E-state index < -0.39 is 41.5 Å². The Labute approximate surface area is 177 Å². The van der Waals surface area contributed by atoms with Gasteiger partial charge in [-0.3, -0.25) is 19.3 Å². The van der Waals surface area contributed by atoms with Crippen LogP contribution in [0, 0.1) is 17.6 Å². The zero-order valence-corrected chi connectivity index (χ0v) is 16.3. The Morgan fingerprint density at radius 1 is 0.806 bits per heavy atom. The molecular formula is C24H18F2N2O3. The number of para-hydroxylation sites is 1. The number of anilines is 1. The molecule has 0 saturated carbocycles. The van der Waals surface area contributed by atoms with Gasteiger partial charge in [0, 0.05) is 0 Å². The zero-order chi connectivity index (χ0) is 21.5. The van der Waals surface area contributed by atoms with Gasteiger partial charge in [0.1, 0.15) is 5.92 Å². The lowest BCUT2D eigenvalue weighted by Crippen LogP contribution is -2.37. The highest BCUT2D eigenvalue weighted by Gasteiger charge is 2.59. The van der Waals surface area contributed by atoms with Crippen LogP contribution in [0.5, 0.6) is 0 Å². The zero-order valence-electron chi connectivity index (χ0n) is 16.3. The Morgan fingerprint density at radius 3 is 2.16 bits per heavy atom. The molecule has 31 heavy (non-hydrogen) atoms. The molecule has 2 aliphatic heterocycles. The van der Waals surface area contributed by atoms with Crippen LogP contribution in [0.15, 0.2) is 78.9 Å². The molecule has 0 unspecified atom stereocenters. The van der Waals surface area contributed by atoms with Gasteiger partial charge in [0.2, 0.25) is 5.91 Å². The number of hydrogen-bond acceptors (Lipinski definition) is 4. The van der Waals surface area contributed by atoms with E-state index in [-0.39, 0.29) is 6.54 Å². The van der Waals surface area contributed by atoms with E-state index in [1.807, 2.05) is 36.4 Å². The second-order valence-corrected chi connectivity index (χ2v) is 7.58. The fourth-order valence-corrected chi connectivity index (χ4v) is 4.23. The Bertz CT molecular complexity index is 1140. The van der Waals surface area contributed by atoms with Crippen LogP contribution in [0.2, 0.25) is 0 Å². The molecule has 0 aliphatic carbocycles. The standard InChI is InChI=1S/C24H18F2N2O3/c25-18-12-11-16(13-19(18)26)21-20-22(31-28(21)17-9-5-2-6-10-17)24(30)27(23(20)29)14-15-7-3-1-4-8-15/h1-13,20-22H,14H2/t20-,21+,22-/m0/s1. The maximum absolute atomic E-state index is 14.0. The lowest BCUT2D eigenvalue weighted by molar-refractivity contribution is -0.143. The summed E-state index contributed by atoms with van der Waals surface area (Å²) in [5.41, 5.74) is 1.79. The van der Waals surface area contributed by atoms with Crippen molar-refractivity contribution in [3.63, 3.8) is 0 Å². The van der Waals surface area contributed by atoms with Gasteiger partial charge in [-0.25, -0.2) is 13.8 Å². The summed E-state index contributed by atoms with van der Waals surface area (Å²) < 4.78 is 27.6. The summed E-state index contributed by atoms with van der Waals surface area (Å²) in [5.74, 6) is -3.71. The highest BCUT2D eigenvalue weighted by atomic mass is 19.2. The van der Waals surface area contributed by atoms with Gasteiger partial charge in [-0.15, -0.1) is 0 Å². The Balaban J connectivity index is 1.54. The van der Waals surface area contributed by atoms with E-state index in [0.29, 0.717) is 11.3 Å². The average Bonchev–Trinajstić information content (AvgIpc) is 3.29. The van der Waals surface area contributed by atoms with Crippen molar-refractivity contribution in [2.75, 3.05) is 5.06 Å². The number of fused-ring (bicyclic) bond motifs is 1. The molecule has 0 spiro atoms. The summed E-state index contributed by atoms with van der Waals surface area (Å²) in [6.07, 6.45) is -1.03. The fourth-order valence-electron chi connectivity index (χ4n) is 4.23. The minimum Gasteiger partial charge on any atom is -0.275 e. The SMILES string of the molecule is O=C1[C@@H]2[C@H](ON(c3ccccc3)[C@@H]2c2ccc(F)c(F)c2)C(=O)N1Cc1ccccc1. The van der Waals surface area contributed by atoms with Crippen molar-refractivity contribution in [3.05, 3.63) is 102 Å². The molecule has 3 atom stereocenters. The summed E-state index contributed by atoms with van der Waals surface area (Å²) >= 11 is 0. The predicted octanol–water partition coefficient (Wildman–Crippen LogP) is 4.01. The Kier molecular flexibility index (Phi) is 4.75. The lowest BCUT2D eigenvalue weighted by Gasteiger charge is -2.28. The van der Waals surface area contributed by atoms with Crippen LogP contribution in [0.3, 0.4) is 0 Å². The van der Waals surface area contributed by atoms with Gasteiger partial charge in [0.05, 0.1) is 18.3 Å². The third-order valence-electron chi connectivity index (χ3n) is 5.69. The third-order valence-corrected chi connectivity index (χ3v) is 5.69. The second kappa shape index (κ2) is 7.59. The van der Waals surface area contributed by atoms with Crippen LogP contribution in [0.1, 0.15) is 17.2 Å². The second-order valence-electron chi connectivity index (χ2n) is 7.58. The van der Waals surface area contributed by atoms with Crippen molar-refractivity contribution in [2.24, 2.45) is 5.92 Å². The molecule has 5 rings (SSSR count). The smallest absolute Gasteiger partial charge is 0.262 e. The van der Waals surface area contributed by atoms with E-state index in [4.69, 9.17) is 4.84 Å². The van der Waals surface area contributed by atoms with Crippen LogP contribution < -0.4 is 5.06 Å². The van der Waals surface area contributed by atoms with Gasteiger partial charge in [-0.1, -0.05) is 54.6 Å². The van der Waals surface area contributed by atoms with E-state index in [2.05, 4.69) is 0 Å². The van der Waals surface area contributed by atoms with Crippen LogP contribution in [-0.4, -0.2) is 22.8 Å². The molecule has 2 fully saturated rings. The van der Waals surface area contributed by atoms with Crippen molar-refractivity contribution >= 4 is 17.5 Å². The number of rotatable bonds is 4. The predicted molar refractivity (Wildman–Crippen MR) is 108 cm³/mol. The molecule has 156 valence electrons. The monoisotopic (exact) mass is 420 g/mol. The van der Waals surface area contributed by atoms with Crippen molar-refractivity contribution < 1.29 is 23.2 Å². The van der Waals surface area contributed by atoms with E-state index in [9.17, 15) is 18.4 Å². The molecule has 0 bridgehead atoms. The van der Waals surface area contributed by atoms with Crippen LogP contribution in [0.25, 0.3) is 0 Å². The molecule has 7 heteroatoms. The molecule has 2 saturated heterocycles. The Morgan fingerprint density at radius 2 is 1.48 bits per heavy atom. The molecule has 3 aromatic rings. The van der Waals surface area contributed by atoms with Crippen molar-refractivity contribution in [1.82, 2.24) is 4.90 Å². The van der Waals surface area contributed by atoms with E-state index in [1.54, 1.807) is 24.3 Å². The molecule has 0 aromatic heterocycles. The summed E-state index contributed by atoms with van der Waals surface area (Å²) in [6.45, 7) is 0.130. The normalized spacial score (nSPS) is 22.8. The largest absolute Gasteiger partial charge is 0.275 e. The highest BCUT2D eigenvalue weighted by Crippen LogP contribution is 2.47. The molecular weight excluding hydrogens is 402 g/mol. The Hall–Kier alpha value is -3.58. The van der Waals surface area contributed by atoms with Crippen LogP contribution in [-0.2, 0) is 21.0 Å². The molecule has 5 nitrogen and oxygen atoms in total. The highest BCUT2D eigenvalue weighted by molar-refractivity contribution is 6.07. The minimum absolute atomic E-state index is 0.130. The van der Waals surface area contributed by atoms with Gasteiger partial charge < -0.3 is 0 Å². The average molecular weight is 420 g/mol. The van der Waals surface area contributed by atoms with Crippen molar-refractivity contribution in [3.8, 4) is 0 Å². The molecule has 2 heterocycles. The maximum Gasteiger partial charge on any atom is 0.262 e. The molecule has 2 amide bonds. The number of likely N-dealkylation sites (tertiary alicyclic amines) is 1. The number of halogens is 2. The summed E-state index contributed by atoms with van der Waals surface area (Å²) in [7, 11) is 0. The number of carbonyl (C=O) groups excluding carboxylic acids is 2. The summed E-state index contributed by atoms with van der Waals surface area (Å²) in [6, 6.07) is 20.8. The van der Waals surface area contributed by atoms with Crippen molar-refractivity contribution in [1.29, 1.82) is 0 Å². The van der Waals surface area contributed by atoms with Gasteiger partial charge >= 0.3 is 0 Å². The molecule has 3 aromatic carbocycles. The first-order valence-electron chi connectivity index (χ1n) is 9.90. The van der Waals surface area contributed by atoms with Gasteiger partial charge in [-0.05, 0) is 35.4 Å². The quantitative estimate of drug-likeness (QED) is 0.599. The minimum atomic E-state index is -1.03. The first-order valence-corrected chi connectivity index (χ1v) is 9.90. The van der Waals surface area contributed by atoms with Crippen LogP contribution in [0.4, 0.5) is 14.5 Å². The van der Waals surface area contributed by atoms with Crippen molar-refractivity contribution in [2.45, 2.75) is 18.7 Å². The number of benzene rings is 3. The number of hydroxylamine groups is 1. The molecule has 2 aliphatic rings. The van der Waals surface area contributed by atoms with Gasteiger partial charge in [0.15, 0.2) is 17.7 Å². The number of amides is 2. The van der Waals surface area contributed by atoms with Gasteiger partial charge in [0.25, 0.3) is 5.91 Å². The maximum atomic E-state index is 14.0. The van der Waals surface area contributed by atoms with E-state index >= 15 is 0 Å². The summed E-state index contributed by atoms with van der Waals surface area (Å²) in [5, 5.41) is 1.46. The topological polar surface area (TPSA) is 49.9 Å². The first kappa shape index (κ1) is 19.4. The fraction of sp³-hybridized carbons (Fsp3) is 0.167. The number of carbonyl (C=O) groups is 2. The lowest BCUT2D eigenvalue weighted by atomic mass is 9.90. The number of hydrogen-bond donors (Lipinski definition) is 0. The third kappa shape index (κ3) is 3.27. The van der Waals surface area contributed by atoms with E-state index in [0.717, 1.165) is 17.7 Å². The molecule has 0 radical (unpaired) electrons. The number of imide groups is 1. The van der Waals surface area contributed by atoms with Gasteiger partial charge in [-0.2, -0.15) is 0 Å².